The van der Waals surface area contributed by atoms with E-state index < -0.39 is 11.0 Å². The van der Waals surface area contributed by atoms with Crippen molar-refractivity contribution in [1.29, 1.82) is 0 Å². The largest absolute Gasteiger partial charge is 0.373 e. The summed E-state index contributed by atoms with van der Waals surface area (Å²) in [4.78, 5) is 0. The molecule has 0 radical (unpaired) electrons. The van der Waals surface area contributed by atoms with Gasteiger partial charge in [-0.1, -0.05) is 0 Å². The van der Waals surface area contributed by atoms with Crippen molar-refractivity contribution in [2.45, 2.75) is 50.9 Å². The summed E-state index contributed by atoms with van der Waals surface area (Å²) in [5, 5.41) is 0. The van der Waals surface area contributed by atoms with E-state index in [1.165, 1.54) is 6.42 Å². The predicted molar refractivity (Wildman–Crippen MR) is 60.0 cm³/mol. The van der Waals surface area contributed by atoms with Gasteiger partial charge in [-0.2, -0.15) is 4.40 Å². The van der Waals surface area contributed by atoms with Crippen molar-refractivity contribution in [1.82, 2.24) is 0 Å². The molecule has 14 heavy (non-hydrogen) atoms. The molecule has 4 heteroatoms. The Bertz CT molecular complexity index is 227. The second kappa shape index (κ2) is 5.03. The molecule has 82 valence electrons. The van der Waals surface area contributed by atoms with Crippen molar-refractivity contribution >= 4 is 17.2 Å². The predicted octanol–water partition coefficient (Wildman–Crippen LogP) is 2.09. The molecule has 0 bridgehead atoms. The van der Waals surface area contributed by atoms with Gasteiger partial charge in [-0.25, -0.2) is 4.21 Å². The highest BCUT2D eigenvalue weighted by atomic mass is 32.2. The molecule has 1 saturated heterocycles. The zero-order valence-corrected chi connectivity index (χ0v) is 9.97. The quantitative estimate of drug-likeness (QED) is 0.664. The SMILES string of the molecule is CC(C)(C)S(=O)N=C[C@@H]1CCCCO1. The molecule has 1 unspecified atom stereocenters. The first-order chi connectivity index (χ1) is 6.50. The van der Waals surface area contributed by atoms with E-state index in [1.807, 2.05) is 20.8 Å². The second-order valence-electron chi connectivity index (χ2n) is 4.52. The normalized spacial score (nSPS) is 26.6. The molecule has 0 aromatic rings. The van der Waals surface area contributed by atoms with Gasteiger partial charge in [-0.15, -0.1) is 0 Å². The molecule has 1 aliphatic rings. The van der Waals surface area contributed by atoms with Gasteiger partial charge in [0.2, 0.25) is 0 Å². The van der Waals surface area contributed by atoms with Gasteiger partial charge < -0.3 is 4.74 Å². The number of hydrogen-bond donors (Lipinski definition) is 0. The van der Waals surface area contributed by atoms with E-state index in [9.17, 15) is 4.21 Å². The van der Waals surface area contributed by atoms with Crippen LogP contribution in [0.2, 0.25) is 0 Å². The summed E-state index contributed by atoms with van der Waals surface area (Å²) in [6, 6.07) is 0. The molecular formula is C10H19NO2S. The Morgan fingerprint density at radius 1 is 1.43 bits per heavy atom. The average Bonchev–Trinajstić information content (AvgIpc) is 2.14. The second-order valence-corrected chi connectivity index (χ2v) is 6.45. The molecule has 1 aliphatic heterocycles. The van der Waals surface area contributed by atoms with Crippen LogP contribution in [0.4, 0.5) is 0 Å². The Labute approximate surface area is 88.5 Å². The third kappa shape index (κ3) is 3.88. The fourth-order valence-corrected chi connectivity index (χ4v) is 1.73. The zero-order chi connectivity index (χ0) is 10.6. The standard InChI is InChI=1S/C10H19NO2S/c1-10(2,3)14(12)11-8-9-6-4-5-7-13-9/h8-9H,4-7H2,1-3H3/t9-,14?/m0/s1. The summed E-state index contributed by atoms with van der Waals surface area (Å²) in [7, 11) is -1.15. The Morgan fingerprint density at radius 2 is 2.14 bits per heavy atom. The van der Waals surface area contributed by atoms with E-state index in [-0.39, 0.29) is 10.9 Å². The van der Waals surface area contributed by atoms with Crippen LogP contribution in [0.1, 0.15) is 40.0 Å². The highest BCUT2D eigenvalue weighted by Gasteiger charge is 2.19. The van der Waals surface area contributed by atoms with Crippen LogP contribution in [0.5, 0.6) is 0 Å². The minimum Gasteiger partial charge on any atom is -0.373 e. The van der Waals surface area contributed by atoms with E-state index in [0.717, 1.165) is 19.4 Å². The van der Waals surface area contributed by atoms with Crippen LogP contribution < -0.4 is 0 Å². The minimum absolute atomic E-state index is 0.0787. The third-order valence-electron chi connectivity index (χ3n) is 2.06. The van der Waals surface area contributed by atoms with Crippen molar-refractivity contribution in [3.05, 3.63) is 0 Å². The number of ether oxygens (including phenoxy) is 1. The van der Waals surface area contributed by atoms with Crippen molar-refractivity contribution in [2.24, 2.45) is 4.40 Å². The summed E-state index contributed by atoms with van der Waals surface area (Å²) in [5.41, 5.74) is 0. The van der Waals surface area contributed by atoms with Crippen LogP contribution in [-0.4, -0.2) is 27.9 Å². The molecule has 0 aromatic carbocycles. The van der Waals surface area contributed by atoms with Gasteiger partial charge in [0.05, 0.1) is 10.9 Å². The molecule has 0 aliphatic carbocycles. The molecular weight excluding hydrogens is 198 g/mol. The van der Waals surface area contributed by atoms with Crippen LogP contribution in [-0.2, 0) is 15.7 Å². The van der Waals surface area contributed by atoms with Gasteiger partial charge in [-0.05, 0) is 40.0 Å². The van der Waals surface area contributed by atoms with Crippen molar-refractivity contribution in [2.75, 3.05) is 6.61 Å². The molecule has 0 amide bonds. The van der Waals surface area contributed by atoms with Crippen LogP contribution in [0, 0.1) is 0 Å². The highest BCUT2D eigenvalue weighted by Crippen LogP contribution is 2.14. The van der Waals surface area contributed by atoms with Crippen LogP contribution in [0.15, 0.2) is 4.40 Å². The lowest BCUT2D eigenvalue weighted by atomic mass is 10.1. The monoisotopic (exact) mass is 217 g/mol. The smallest absolute Gasteiger partial charge is 0.144 e. The lowest BCUT2D eigenvalue weighted by molar-refractivity contribution is 0.0617. The van der Waals surface area contributed by atoms with E-state index in [1.54, 1.807) is 6.21 Å². The van der Waals surface area contributed by atoms with Crippen molar-refractivity contribution in [3.8, 4) is 0 Å². The molecule has 1 rings (SSSR count). The molecule has 0 saturated carbocycles. The Balaban J connectivity index is 2.42. The summed E-state index contributed by atoms with van der Waals surface area (Å²) in [5.74, 6) is 0. The molecule has 1 heterocycles. The summed E-state index contributed by atoms with van der Waals surface area (Å²) >= 11 is 0. The van der Waals surface area contributed by atoms with Gasteiger partial charge in [0.1, 0.15) is 11.0 Å². The Kier molecular flexibility index (Phi) is 4.26. The van der Waals surface area contributed by atoms with E-state index in [2.05, 4.69) is 4.40 Å². The summed E-state index contributed by atoms with van der Waals surface area (Å²) in [6.45, 7) is 6.56. The van der Waals surface area contributed by atoms with Crippen molar-refractivity contribution in [3.63, 3.8) is 0 Å². The Hall–Kier alpha value is -0.220. The first kappa shape index (κ1) is 11.9. The number of rotatable bonds is 2. The topological polar surface area (TPSA) is 38.7 Å². The average molecular weight is 217 g/mol. The fourth-order valence-electron chi connectivity index (χ4n) is 1.16. The number of hydrogen-bond acceptors (Lipinski definition) is 2. The molecule has 0 N–H and O–H groups in total. The first-order valence-corrected chi connectivity index (χ1v) is 6.18. The first-order valence-electron chi connectivity index (χ1n) is 5.08. The highest BCUT2D eigenvalue weighted by molar-refractivity contribution is 7.85. The third-order valence-corrected chi connectivity index (χ3v) is 3.42. The van der Waals surface area contributed by atoms with Gasteiger partial charge in [-0.3, -0.25) is 0 Å². The fraction of sp³-hybridized carbons (Fsp3) is 0.900. The van der Waals surface area contributed by atoms with Gasteiger partial charge in [0.15, 0.2) is 0 Å². The molecule has 1 fully saturated rings. The lowest BCUT2D eigenvalue weighted by Gasteiger charge is -2.19. The Morgan fingerprint density at radius 3 is 2.64 bits per heavy atom. The van der Waals surface area contributed by atoms with E-state index in [4.69, 9.17) is 4.74 Å². The van der Waals surface area contributed by atoms with Crippen LogP contribution in [0.25, 0.3) is 0 Å². The van der Waals surface area contributed by atoms with Crippen molar-refractivity contribution < 1.29 is 8.95 Å². The molecule has 0 spiro atoms. The van der Waals surface area contributed by atoms with Crippen LogP contribution >= 0.6 is 0 Å². The minimum atomic E-state index is -1.15. The summed E-state index contributed by atoms with van der Waals surface area (Å²) < 4.78 is 20.8. The molecule has 2 atom stereocenters. The lowest BCUT2D eigenvalue weighted by Crippen LogP contribution is -2.23. The summed E-state index contributed by atoms with van der Waals surface area (Å²) in [6.07, 6.45) is 5.10. The molecule has 3 nitrogen and oxygen atoms in total. The van der Waals surface area contributed by atoms with E-state index in [0.29, 0.717) is 0 Å². The van der Waals surface area contributed by atoms with Gasteiger partial charge >= 0.3 is 0 Å². The van der Waals surface area contributed by atoms with Gasteiger partial charge in [0.25, 0.3) is 0 Å². The van der Waals surface area contributed by atoms with Crippen LogP contribution in [0.3, 0.4) is 0 Å². The zero-order valence-electron chi connectivity index (χ0n) is 9.16. The maximum absolute atomic E-state index is 11.6. The van der Waals surface area contributed by atoms with E-state index >= 15 is 0 Å². The maximum Gasteiger partial charge on any atom is 0.144 e. The van der Waals surface area contributed by atoms with Gasteiger partial charge in [0, 0.05) is 12.8 Å². The number of nitrogens with zero attached hydrogens (tertiary/aromatic N) is 1. The molecule has 0 aromatic heterocycles. The maximum atomic E-state index is 11.6.